The minimum atomic E-state index is -0.661. The summed E-state index contributed by atoms with van der Waals surface area (Å²) in [6, 6.07) is 7.41. The molecule has 0 aliphatic heterocycles. The van der Waals surface area contributed by atoms with E-state index >= 15 is 0 Å². The van der Waals surface area contributed by atoms with Gasteiger partial charge in [-0.3, -0.25) is 9.59 Å². The van der Waals surface area contributed by atoms with Gasteiger partial charge in [-0.2, -0.15) is 0 Å². The summed E-state index contributed by atoms with van der Waals surface area (Å²) in [5.74, 6) is -1.30. The van der Waals surface area contributed by atoms with Crippen LogP contribution in [-0.4, -0.2) is 30.1 Å². The van der Waals surface area contributed by atoms with Gasteiger partial charge in [0.1, 0.15) is 0 Å². The Labute approximate surface area is 132 Å². The highest BCUT2D eigenvalue weighted by atomic mass is 16.3. The highest BCUT2D eigenvalue weighted by Gasteiger charge is 2.17. The van der Waals surface area contributed by atoms with E-state index in [-0.39, 0.29) is 12.0 Å². The maximum absolute atomic E-state index is 11.8. The molecule has 1 aromatic rings. The normalized spacial score (nSPS) is 11.1. The maximum atomic E-state index is 11.8. The second kappa shape index (κ2) is 8.54. The number of carbonyl (C=O) groups is 2. The molecule has 0 aliphatic rings. The molecular weight excluding hydrogens is 280 g/mol. The van der Waals surface area contributed by atoms with Gasteiger partial charge < -0.3 is 15.7 Å². The van der Waals surface area contributed by atoms with Crippen molar-refractivity contribution in [3.8, 4) is 0 Å². The molecule has 122 valence electrons. The van der Waals surface area contributed by atoms with Crippen molar-refractivity contribution in [1.29, 1.82) is 0 Å². The molecule has 1 rings (SSSR count). The number of aryl methyl sites for hydroxylation is 1. The highest BCUT2D eigenvalue weighted by Crippen LogP contribution is 2.20. The molecule has 0 unspecified atom stereocenters. The first-order valence-corrected chi connectivity index (χ1v) is 7.67. The van der Waals surface area contributed by atoms with Gasteiger partial charge in [-0.1, -0.05) is 32.9 Å². The van der Waals surface area contributed by atoms with Crippen LogP contribution in [0.4, 0.5) is 5.69 Å². The van der Waals surface area contributed by atoms with Gasteiger partial charge in [-0.05, 0) is 42.4 Å². The lowest BCUT2D eigenvalue weighted by Gasteiger charge is -2.21. The van der Waals surface area contributed by atoms with Gasteiger partial charge in [-0.25, -0.2) is 0 Å². The zero-order valence-electron chi connectivity index (χ0n) is 13.6. The van der Waals surface area contributed by atoms with Gasteiger partial charge in [0, 0.05) is 18.8 Å². The van der Waals surface area contributed by atoms with E-state index < -0.39 is 11.8 Å². The Morgan fingerprint density at radius 3 is 2.32 bits per heavy atom. The summed E-state index contributed by atoms with van der Waals surface area (Å²) in [6.45, 7) is 6.50. The Balaban J connectivity index is 2.34. The van der Waals surface area contributed by atoms with Gasteiger partial charge in [0.25, 0.3) is 0 Å². The lowest BCUT2D eigenvalue weighted by atomic mass is 9.89. The summed E-state index contributed by atoms with van der Waals surface area (Å²) in [6.07, 6.45) is 2.43. The molecule has 0 aliphatic carbocycles. The van der Waals surface area contributed by atoms with E-state index in [0.717, 1.165) is 19.3 Å². The van der Waals surface area contributed by atoms with E-state index in [1.165, 1.54) is 5.56 Å². The van der Waals surface area contributed by atoms with Crippen LogP contribution in [0.25, 0.3) is 0 Å². The predicted molar refractivity (Wildman–Crippen MR) is 87.6 cm³/mol. The van der Waals surface area contributed by atoms with Gasteiger partial charge >= 0.3 is 11.8 Å². The number of hydrogen-bond donors (Lipinski definition) is 3. The summed E-state index contributed by atoms with van der Waals surface area (Å²) in [7, 11) is 0. The summed E-state index contributed by atoms with van der Waals surface area (Å²) >= 11 is 0. The van der Waals surface area contributed by atoms with Crippen molar-refractivity contribution < 1.29 is 14.7 Å². The van der Waals surface area contributed by atoms with E-state index in [1.54, 1.807) is 12.1 Å². The van der Waals surface area contributed by atoms with Crippen LogP contribution >= 0.6 is 0 Å². The number of carbonyl (C=O) groups excluding carboxylic acids is 2. The summed E-state index contributed by atoms with van der Waals surface area (Å²) in [5.41, 5.74) is 1.63. The smallest absolute Gasteiger partial charge is 0.313 e. The molecule has 3 N–H and O–H groups in total. The minimum absolute atomic E-state index is 0.106. The third-order valence-electron chi connectivity index (χ3n) is 3.57. The third kappa shape index (κ3) is 6.26. The second-order valence-electron chi connectivity index (χ2n) is 6.19. The maximum Gasteiger partial charge on any atom is 0.313 e. The Bertz CT molecular complexity index is 495. The van der Waals surface area contributed by atoms with Gasteiger partial charge in [0.05, 0.1) is 0 Å². The number of amides is 2. The molecule has 0 atom stereocenters. The molecule has 22 heavy (non-hydrogen) atoms. The van der Waals surface area contributed by atoms with Crippen LogP contribution in [0, 0.1) is 5.41 Å². The standard InChI is InChI=1S/C17H26N2O3/c1-4-13-6-8-14(9-7-13)19-16(22)15(21)18-11-5-10-17(2,3)12-20/h6-9,20H,4-5,10-12H2,1-3H3,(H,18,21)(H,19,22). The molecule has 5 heteroatoms. The number of nitrogens with one attached hydrogen (secondary N) is 2. The zero-order chi connectivity index (χ0) is 16.6. The molecule has 0 saturated carbocycles. The summed E-state index contributed by atoms with van der Waals surface area (Å²) in [5, 5.41) is 14.3. The molecule has 0 bridgehead atoms. The Morgan fingerprint density at radius 2 is 1.77 bits per heavy atom. The van der Waals surface area contributed by atoms with Crippen LogP contribution in [0.1, 0.15) is 39.2 Å². The molecule has 0 saturated heterocycles. The highest BCUT2D eigenvalue weighted by molar-refractivity contribution is 6.39. The van der Waals surface area contributed by atoms with Crippen LogP contribution in [0.15, 0.2) is 24.3 Å². The molecule has 0 aromatic heterocycles. The van der Waals surface area contributed by atoms with Crippen LogP contribution in [0.3, 0.4) is 0 Å². The number of benzene rings is 1. The quantitative estimate of drug-likeness (QED) is 0.533. The molecule has 0 spiro atoms. The van der Waals surface area contributed by atoms with Crippen molar-refractivity contribution in [2.75, 3.05) is 18.5 Å². The average molecular weight is 306 g/mol. The van der Waals surface area contributed by atoms with E-state index in [2.05, 4.69) is 17.6 Å². The molecular formula is C17H26N2O3. The number of rotatable bonds is 7. The lowest BCUT2D eigenvalue weighted by molar-refractivity contribution is -0.136. The fraction of sp³-hybridized carbons (Fsp3) is 0.529. The number of aliphatic hydroxyl groups excluding tert-OH is 1. The van der Waals surface area contributed by atoms with E-state index in [4.69, 9.17) is 5.11 Å². The number of aliphatic hydroxyl groups is 1. The minimum Gasteiger partial charge on any atom is -0.396 e. The molecule has 0 radical (unpaired) electrons. The lowest BCUT2D eigenvalue weighted by Crippen LogP contribution is -2.36. The van der Waals surface area contributed by atoms with Gasteiger partial charge in [-0.15, -0.1) is 0 Å². The number of hydrogen-bond acceptors (Lipinski definition) is 3. The summed E-state index contributed by atoms with van der Waals surface area (Å²) in [4.78, 5) is 23.4. The fourth-order valence-electron chi connectivity index (χ4n) is 1.94. The van der Waals surface area contributed by atoms with Crippen molar-refractivity contribution >= 4 is 17.5 Å². The Hall–Kier alpha value is -1.88. The fourth-order valence-corrected chi connectivity index (χ4v) is 1.94. The van der Waals surface area contributed by atoms with Crippen molar-refractivity contribution in [3.63, 3.8) is 0 Å². The van der Waals surface area contributed by atoms with Crippen LogP contribution in [0.5, 0.6) is 0 Å². The van der Waals surface area contributed by atoms with E-state index in [0.29, 0.717) is 12.2 Å². The Morgan fingerprint density at radius 1 is 1.14 bits per heavy atom. The number of anilines is 1. The van der Waals surface area contributed by atoms with Crippen LogP contribution < -0.4 is 10.6 Å². The third-order valence-corrected chi connectivity index (χ3v) is 3.57. The molecule has 1 aromatic carbocycles. The van der Waals surface area contributed by atoms with Crippen molar-refractivity contribution in [2.45, 2.75) is 40.0 Å². The first-order valence-electron chi connectivity index (χ1n) is 7.67. The summed E-state index contributed by atoms with van der Waals surface area (Å²) < 4.78 is 0. The zero-order valence-corrected chi connectivity index (χ0v) is 13.6. The van der Waals surface area contributed by atoms with Gasteiger partial charge in [0.2, 0.25) is 0 Å². The van der Waals surface area contributed by atoms with Crippen molar-refractivity contribution in [2.24, 2.45) is 5.41 Å². The predicted octanol–water partition coefficient (Wildman–Crippen LogP) is 2.10. The molecule has 0 heterocycles. The molecule has 0 fully saturated rings. The first kappa shape index (κ1) is 18.2. The van der Waals surface area contributed by atoms with Crippen molar-refractivity contribution in [3.05, 3.63) is 29.8 Å². The first-order chi connectivity index (χ1) is 10.4. The van der Waals surface area contributed by atoms with Crippen LogP contribution in [0.2, 0.25) is 0 Å². The van der Waals surface area contributed by atoms with Crippen molar-refractivity contribution in [1.82, 2.24) is 5.32 Å². The van der Waals surface area contributed by atoms with E-state index in [9.17, 15) is 9.59 Å². The van der Waals surface area contributed by atoms with E-state index in [1.807, 2.05) is 26.0 Å². The van der Waals surface area contributed by atoms with Crippen LogP contribution in [-0.2, 0) is 16.0 Å². The Kier molecular flexibility index (Phi) is 7.05. The second-order valence-corrected chi connectivity index (χ2v) is 6.19. The monoisotopic (exact) mass is 306 g/mol. The SMILES string of the molecule is CCc1ccc(NC(=O)C(=O)NCCCC(C)(C)CO)cc1. The largest absolute Gasteiger partial charge is 0.396 e. The molecule has 2 amide bonds. The topological polar surface area (TPSA) is 78.4 Å². The van der Waals surface area contributed by atoms with Gasteiger partial charge in [0.15, 0.2) is 0 Å². The molecule has 5 nitrogen and oxygen atoms in total. The average Bonchev–Trinajstić information content (AvgIpc) is 2.52.